The summed E-state index contributed by atoms with van der Waals surface area (Å²) in [7, 11) is 1.44. The van der Waals surface area contributed by atoms with E-state index in [0.717, 1.165) is 29.0 Å². The minimum Gasteiger partial charge on any atom is -0.295 e. The number of halogens is 2. The van der Waals surface area contributed by atoms with Gasteiger partial charge >= 0.3 is 5.69 Å². The quantitative estimate of drug-likeness (QED) is 0.379. The predicted octanol–water partition coefficient (Wildman–Crippen LogP) is 6.88. The van der Waals surface area contributed by atoms with E-state index in [4.69, 9.17) is 0 Å². The molecular formula is C26H38F2N2O2. The lowest BCUT2D eigenvalue weighted by atomic mass is 10.2. The lowest BCUT2D eigenvalue weighted by Gasteiger charge is -2.06. The molecule has 0 bridgehead atoms. The highest BCUT2D eigenvalue weighted by Gasteiger charge is 2.18. The Kier molecular flexibility index (Phi) is 15.3. The van der Waals surface area contributed by atoms with Crippen LogP contribution in [0.25, 0.3) is 11.8 Å². The van der Waals surface area contributed by atoms with E-state index in [1.54, 1.807) is 19.9 Å². The fourth-order valence-corrected chi connectivity index (χ4v) is 2.42. The lowest BCUT2D eigenvalue weighted by molar-refractivity contribution is -0.114. The molecule has 2 aromatic rings. The third-order valence-electron chi connectivity index (χ3n) is 4.36. The van der Waals surface area contributed by atoms with Crippen LogP contribution in [0.15, 0.2) is 55.1 Å². The van der Waals surface area contributed by atoms with Crippen LogP contribution in [0.3, 0.4) is 0 Å². The summed E-state index contributed by atoms with van der Waals surface area (Å²) in [5.41, 5.74) is 0.879. The Morgan fingerprint density at radius 1 is 1.12 bits per heavy atom. The predicted molar refractivity (Wildman–Crippen MR) is 132 cm³/mol. The van der Waals surface area contributed by atoms with E-state index in [9.17, 15) is 18.4 Å². The molecule has 1 saturated carbocycles. The number of rotatable bonds is 3. The summed E-state index contributed by atoms with van der Waals surface area (Å²) >= 11 is 0. The molecule has 0 atom stereocenters. The second kappa shape index (κ2) is 15.7. The van der Waals surface area contributed by atoms with E-state index in [2.05, 4.69) is 33.2 Å². The Morgan fingerprint density at radius 2 is 1.59 bits per heavy atom. The van der Waals surface area contributed by atoms with Gasteiger partial charge in [0.15, 0.2) is 11.6 Å². The van der Waals surface area contributed by atoms with Gasteiger partial charge in [0, 0.05) is 25.7 Å². The SMILES string of the molecule is C=C.C=C.CC.CC(=O)/C(F)=C\c1c(C)n(-c2ccc(C)cc2F)c(=O)n1C.CC1CC1. The van der Waals surface area contributed by atoms with Crippen molar-refractivity contribution in [3.8, 4) is 5.69 Å². The van der Waals surface area contributed by atoms with Crippen LogP contribution in [0.4, 0.5) is 8.78 Å². The summed E-state index contributed by atoms with van der Waals surface area (Å²) in [6.07, 6.45) is 3.96. The number of Topliss-reactive ketones (excluding diaryl/α,β-unsaturated/α-hetero) is 1. The highest BCUT2D eigenvalue weighted by atomic mass is 19.1. The molecule has 0 unspecified atom stereocenters. The summed E-state index contributed by atoms with van der Waals surface area (Å²) in [5, 5.41) is 0. The topological polar surface area (TPSA) is 44.0 Å². The number of benzene rings is 1. The Balaban J connectivity index is 0. The van der Waals surface area contributed by atoms with Crippen molar-refractivity contribution in [2.75, 3.05) is 0 Å². The molecule has 1 fully saturated rings. The van der Waals surface area contributed by atoms with Crippen molar-refractivity contribution in [2.24, 2.45) is 13.0 Å². The van der Waals surface area contributed by atoms with Gasteiger partial charge in [0.05, 0.1) is 11.4 Å². The summed E-state index contributed by atoms with van der Waals surface area (Å²) in [6.45, 7) is 22.7. The van der Waals surface area contributed by atoms with Gasteiger partial charge in [-0.3, -0.25) is 13.9 Å². The fourth-order valence-electron chi connectivity index (χ4n) is 2.42. The van der Waals surface area contributed by atoms with Gasteiger partial charge < -0.3 is 0 Å². The minimum atomic E-state index is -0.958. The van der Waals surface area contributed by atoms with Crippen LogP contribution >= 0.6 is 0 Å². The first-order valence-electron chi connectivity index (χ1n) is 10.6. The standard InChI is InChI=1S/C16H16F2N2O2.C4H8.C2H6.2C2H4/c1-9-5-6-14(13(18)7-9)20-10(2)15(19(4)16(20)22)8-12(17)11(3)21;1-4-2-3-4;3*1-2/h5-8H,1-4H3;4H,2-3H2,1H3;1-2H3;2*1-2H2/b12-8+;;;;. The smallest absolute Gasteiger partial charge is 0.295 e. The molecule has 1 aromatic carbocycles. The van der Waals surface area contributed by atoms with Crippen LogP contribution in [-0.2, 0) is 11.8 Å². The Hall–Kier alpha value is -3.02. The average Bonchev–Trinajstić information content (AvgIpc) is 3.55. The summed E-state index contributed by atoms with van der Waals surface area (Å²) in [6, 6.07) is 4.50. The fraction of sp³-hybridized carbons (Fsp3) is 0.385. The zero-order valence-corrected chi connectivity index (χ0v) is 20.6. The maximum Gasteiger partial charge on any atom is 0.333 e. The van der Waals surface area contributed by atoms with Gasteiger partial charge in [-0.1, -0.05) is 39.7 Å². The number of ketones is 1. The monoisotopic (exact) mass is 448 g/mol. The van der Waals surface area contributed by atoms with Crippen molar-refractivity contribution >= 4 is 11.9 Å². The van der Waals surface area contributed by atoms with Crippen LogP contribution in [-0.4, -0.2) is 14.9 Å². The van der Waals surface area contributed by atoms with Crippen LogP contribution < -0.4 is 5.69 Å². The molecule has 1 aliphatic carbocycles. The molecule has 0 spiro atoms. The normalized spacial score (nSPS) is 11.8. The largest absolute Gasteiger partial charge is 0.333 e. The van der Waals surface area contributed by atoms with E-state index < -0.39 is 23.1 Å². The van der Waals surface area contributed by atoms with Gasteiger partial charge in [-0.2, -0.15) is 0 Å². The first kappa shape index (κ1) is 31.2. The van der Waals surface area contributed by atoms with Crippen molar-refractivity contribution in [2.45, 2.75) is 54.4 Å². The molecule has 0 saturated heterocycles. The zero-order chi connectivity index (χ0) is 25.6. The van der Waals surface area contributed by atoms with E-state index in [-0.39, 0.29) is 11.4 Å². The number of hydrogen-bond acceptors (Lipinski definition) is 2. The van der Waals surface area contributed by atoms with Crippen LogP contribution in [0.5, 0.6) is 0 Å². The van der Waals surface area contributed by atoms with Crippen molar-refractivity contribution in [1.82, 2.24) is 9.13 Å². The lowest BCUT2D eigenvalue weighted by Crippen LogP contribution is -2.22. The maximum absolute atomic E-state index is 14.1. The van der Waals surface area contributed by atoms with E-state index in [1.165, 1.54) is 36.6 Å². The number of hydrogen-bond donors (Lipinski definition) is 0. The number of imidazole rings is 1. The minimum absolute atomic E-state index is 0.0894. The van der Waals surface area contributed by atoms with E-state index >= 15 is 0 Å². The number of aryl methyl sites for hydroxylation is 1. The molecule has 32 heavy (non-hydrogen) atoms. The Bertz CT molecular complexity index is 949. The maximum atomic E-state index is 14.1. The number of aromatic nitrogens is 2. The number of carbonyl (C=O) groups excluding carboxylic acids is 1. The van der Waals surface area contributed by atoms with Crippen LogP contribution in [0.2, 0.25) is 0 Å². The highest BCUT2D eigenvalue weighted by molar-refractivity contribution is 5.95. The molecule has 4 nitrogen and oxygen atoms in total. The van der Waals surface area contributed by atoms with Gasteiger partial charge in [0.1, 0.15) is 5.82 Å². The first-order chi connectivity index (χ1) is 15.1. The zero-order valence-electron chi connectivity index (χ0n) is 20.6. The van der Waals surface area contributed by atoms with Gasteiger partial charge in [-0.25, -0.2) is 13.6 Å². The Labute approximate surface area is 191 Å². The van der Waals surface area contributed by atoms with Gasteiger partial charge in [0.25, 0.3) is 0 Å². The molecular weight excluding hydrogens is 410 g/mol. The third kappa shape index (κ3) is 9.00. The van der Waals surface area contributed by atoms with Crippen LogP contribution in [0, 0.1) is 25.6 Å². The second-order valence-corrected chi connectivity index (χ2v) is 6.83. The van der Waals surface area contributed by atoms with E-state index in [0.29, 0.717) is 5.69 Å². The first-order valence-corrected chi connectivity index (χ1v) is 10.6. The van der Waals surface area contributed by atoms with Crippen molar-refractivity contribution in [3.05, 3.63) is 83.6 Å². The van der Waals surface area contributed by atoms with Crippen LogP contribution in [0.1, 0.15) is 57.5 Å². The second-order valence-electron chi connectivity index (χ2n) is 6.83. The summed E-state index contributed by atoms with van der Waals surface area (Å²) in [4.78, 5) is 23.3. The van der Waals surface area contributed by atoms with Gasteiger partial charge in [-0.05, 0) is 37.5 Å². The highest BCUT2D eigenvalue weighted by Crippen LogP contribution is 2.26. The van der Waals surface area contributed by atoms with Gasteiger partial charge in [0.2, 0.25) is 0 Å². The molecule has 1 aliphatic rings. The van der Waals surface area contributed by atoms with Crippen molar-refractivity contribution in [1.29, 1.82) is 0 Å². The molecule has 0 amide bonds. The molecule has 1 heterocycles. The molecule has 178 valence electrons. The molecule has 0 N–H and O–H groups in total. The number of carbonyl (C=O) groups is 1. The molecule has 0 aliphatic heterocycles. The van der Waals surface area contributed by atoms with Gasteiger partial charge in [-0.15, -0.1) is 26.3 Å². The molecule has 1 aromatic heterocycles. The number of allylic oxidation sites excluding steroid dienone is 1. The molecule has 3 rings (SSSR count). The van der Waals surface area contributed by atoms with E-state index in [1.807, 2.05) is 13.8 Å². The summed E-state index contributed by atoms with van der Waals surface area (Å²) < 4.78 is 30.0. The summed E-state index contributed by atoms with van der Waals surface area (Å²) in [5.74, 6) is -1.15. The van der Waals surface area contributed by atoms with Crippen molar-refractivity contribution in [3.63, 3.8) is 0 Å². The third-order valence-corrected chi connectivity index (χ3v) is 4.36. The molecule has 0 radical (unpaired) electrons. The average molecular weight is 449 g/mol. The Morgan fingerprint density at radius 3 is 1.97 bits per heavy atom. The van der Waals surface area contributed by atoms with Crippen molar-refractivity contribution < 1.29 is 13.6 Å². The molecule has 6 heteroatoms. The number of nitrogens with zero attached hydrogens (tertiary/aromatic N) is 2.